The average molecular weight is 513 g/mol. The Balaban J connectivity index is 1.67. The van der Waals surface area contributed by atoms with Crippen LogP contribution in [0.5, 0.6) is 11.5 Å². The molecule has 1 fully saturated rings. The summed E-state index contributed by atoms with van der Waals surface area (Å²) in [6, 6.07) is 12.4. The number of hydrogen-bond acceptors (Lipinski definition) is 9. The molecule has 0 amide bonds. The molecule has 1 atom stereocenters. The summed E-state index contributed by atoms with van der Waals surface area (Å²) in [5.41, 5.74) is 0.0925. The van der Waals surface area contributed by atoms with Crippen molar-refractivity contribution in [3.05, 3.63) is 42.5 Å². The Bertz CT molecular complexity index is 1340. The fraction of sp³-hybridized carbons (Fsp3) is 0.381. The van der Waals surface area contributed by atoms with Gasteiger partial charge >= 0.3 is 0 Å². The van der Waals surface area contributed by atoms with Gasteiger partial charge in [0.25, 0.3) is 0 Å². The van der Waals surface area contributed by atoms with Crippen LogP contribution in [0.4, 0.5) is 0 Å². The molecule has 0 saturated carbocycles. The lowest BCUT2D eigenvalue weighted by Gasteiger charge is -2.32. The molecule has 0 N–H and O–H groups in total. The fourth-order valence-electron chi connectivity index (χ4n) is 3.45. The van der Waals surface area contributed by atoms with Gasteiger partial charge in [-0.15, -0.1) is 11.3 Å². The molecule has 2 heterocycles. The number of morpholine rings is 1. The molecular weight excluding hydrogens is 488 g/mol. The van der Waals surface area contributed by atoms with E-state index in [0.717, 1.165) is 17.6 Å². The van der Waals surface area contributed by atoms with E-state index in [-0.39, 0.29) is 53.4 Å². The Labute approximate surface area is 196 Å². The number of nitrogens with zero attached hydrogens (tertiary/aromatic N) is 2. The van der Waals surface area contributed by atoms with Crippen LogP contribution in [0.15, 0.2) is 51.7 Å². The summed E-state index contributed by atoms with van der Waals surface area (Å²) in [6.45, 7) is 2.61. The predicted molar refractivity (Wildman–Crippen MR) is 124 cm³/mol. The second-order valence-corrected chi connectivity index (χ2v) is 12.5. The molecule has 1 aromatic heterocycles. The third-order valence-corrected chi connectivity index (χ3v) is 9.58. The van der Waals surface area contributed by atoms with Gasteiger partial charge < -0.3 is 14.2 Å². The molecule has 33 heavy (non-hydrogen) atoms. The first-order valence-corrected chi connectivity index (χ1v) is 14.4. The molecule has 1 saturated heterocycles. The molecular formula is C21H24N2O7S3. The Morgan fingerprint density at radius 3 is 2.58 bits per heavy atom. The van der Waals surface area contributed by atoms with Crippen LogP contribution in [0.25, 0.3) is 10.2 Å². The Kier molecular flexibility index (Phi) is 6.91. The minimum atomic E-state index is -4.07. The first-order chi connectivity index (χ1) is 15.7. The number of fused-ring (bicyclic) bond motifs is 1. The summed E-state index contributed by atoms with van der Waals surface area (Å²) >= 11 is 0.932. The molecule has 3 aromatic rings. The van der Waals surface area contributed by atoms with Gasteiger partial charge in [0.15, 0.2) is 4.90 Å². The van der Waals surface area contributed by atoms with Crippen LogP contribution in [0.1, 0.15) is 6.92 Å². The van der Waals surface area contributed by atoms with Crippen molar-refractivity contribution in [2.45, 2.75) is 22.3 Å². The number of thiazole rings is 1. The van der Waals surface area contributed by atoms with Crippen molar-refractivity contribution in [2.24, 2.45) is 0 Å². The Hall–Kier alpha value is -2.25. The van der Waals surface area contributed by atoms with Gasteiger partial charge in [-0.2, -0.15) is 4.31 Å². The van der Waals surface area contributed by atoms with E-state index < -0.39 is 26.0 Å². The van der Waals surface area contributed by atoms with Crippen molar-refractivity contribution in [3.8, 4) is 11.5 Å². The van der Waals surface area contributed by atoms with Gasteiger partial charge in [0, 0.05) is 19.3 Å². The summed E-state index contributed by atoms with van der Waals surface area (Å²) in [4.78, 5) is 4.04. The monoisotopic (exact) mass is 512 g/mol. The lowest BCUT2D eigenvalue weighted by atomic mass is 10.3. The van der Waals surface area contributed by atoms with E-state index in [1.54, 1.807) is 19.1 Å². The first-order valence-electron chi connectivity index (χ1n) is 10.3. The highest BCUT2D eigenvalue weighted by Crippen LogP contribution is 2.38. The molecule has 0 unspecified atom stereocenters. The van der Waals surface area contributed by atoms with Gasteiger partial charge in [-0.1, -0.05) is 18.2 Å². The molecule has 1 aliphatic heterocycles. The summed E-state index contributed by atoms with van der Waals surface area (Å²) < 4.78 is 70.2. The molecule has 2 aromatic carbocycles. The van der Waals surface area contributed by atoms with Crippen molar-refractivity contribution in [2.75, 3.05) is 39.2 Å². The summed E-state index contributed by atoms with van der Waals surface area (Å²) in [7, 11) is -7.67. The number of ether oxygens (including phenoxy) is 3. The average Bonchev–Trinajstić information content (AvgIpc) is 3.23. The molecule has 0 spiro atoms. The maximum atomic E-state index is 13.7. The normalized spacial score (nSPS) is 17.8. The van der Waals surface area contributed by atoms with Crippen LogP contribution in [0.2, 0.25) is 0 Å². The van der Waals surface area contributed by atoms with E-state index in [2.05, 4.69) is 4.98 Å². The standard InChI is InChI=1S/C21H24N2O7S3/c1-3-28-17-9-10-18-19(22-21(31-18)32(2,24)25)20(17)33(26,27)23-11-12-29-16(13-23)14-30-15-7-5-4-6-8-15/h4-10,16H,3,11-14H2,1-2H3/t16-/m0/s1. The number of sulfone groups is 1. The van der Waals surface area contributed by atoms with E-state index >= 15 is 0 Å². The number of sulfonamides is 1. The third kappa shape index (κ3) is 5.14. The van der Waals surface area contributed by atoms with Crippen molar-refractivity contribution >= 4 is 41.4 Å². The number of rotatable bonds is 8. The number of benzene rings is 2. The molecule has 9 nitrogen and oxygen atoms in total. The van der Waals surface area contributed by atoms with E-state index in [1.807, 2.05) is 30.3 Å². The zero-order chi connectivity index (χ0) is 23.6. The van der Waals surface area contributed by atoms with Crippen LogP contribution in [-0.2, 0) is 24.6 Å². The van der Waals surface area contributed by atoms with Gasteiger partial charge in [0.1, 0.15) is 29.7 Å². The van der Waals surface area contributed by atoms with Crippen LogP contribution < -0.4 is 9.47 Å². The highest BCUT2D eigenvalue weighted by atomic mass is 32.2. The maximum Gasteiger partial charge on any atom is 0.249 e. The molecule has 178 valence electrons. The van der Waals surface area contributed by atoms with Crippen LogP contribution >= 0.6 is 11.3 Å². The van der Waals surface area contributed by atoms with E-state index in [0.29, 0.717) is 10.4 Å². The van der Waals surface area contributed by atoms with Crippen molar-refractivity contribution in [1.29, 1.82) is 0 Å². The smallest absolute Gasteiger partial charge is 0.249 e. The van der Waals surface area contributed by atoms with Crippen molar-refractivity contribution < 1.29 is 31.0 Å². The third-order valence-electron chi connectivity index (χ3n) is 4.95. The molecule has 4 rings (SSSR count). The van der Waals surface area contributed by atoms with E-state index in [4.69, 9.17) is 14.2 Å². The number of para-hydroxylation sites is 1. The minimum absolute atomic E-state index is 0.0835. The second-order valence-electron chi connectivity index (χ2n) is 7.40. The van der Waals surface area contributed by atoms with Crippen molar-refractivity contribution in [1.82, 2.24) is 9.29 Å². The maximum absolute atomic E-state index is 13.7. The van der Waals surface area contributed by atoms with Crippen LogP contribution in [-0.4, -0.2) is 71.4 Å². The van der Waals surface area contributed by atoms with E-state index in [9.17, 15) is 16.8 Å². The zero-order valence-corrected chi connectivity index (χ0v) is 20.6. The second kappa shape index (κ2) is 9.55. The molecule has 0 bridgehead atoms. The first kappa shape index (κ1) is 23.9. The molecule has 0 radical (unpaired) electrons. The van der Waals surface area contributed by atoms with Gasteiger partial charge in [0.2, 0.25) is 24.2 Å². The van der Waals surface area contributed by atoms with Crippen LogP contribution in [0, 0.1) is 0 Å². The Morgan fingerprint density at radius 2 is 1.88 bits per heavy atom. The summed E-state index contributed by atoms with van der Waals surface area (Å²) in [5.74, 6) is 0.805. The summed E-state index contributed by atoms with van der Waals surface area (Å²) in [5, 5.41) is 0. The van der Waals surface area contributed by atoms with Crippen LogP contribution in [0.3, 0.4) is 0 Å². The van der Waals surface area contributed by atoms with Gasteiger partial charge in [0.05, 0.1) is 17.9 Å². The predicted octanol–water partition coefficient (Wildman–Crippen LogP) is 2.57. The zero-order valence-electron chi connectivity index (χ0n) is 18.1. The van der Waals surface area contributed by atoms with Gasteiger partial charge in [-0.05, 0) is 31.2 Å². The SMILES string of the molecule is CCOc1ccc2sc(S(C)(=O)=O)nc2c1S(=O)(=O)N1CCO[C@H](COc2ccccc2)C1. The highest BCUT2D eigenvalue weighted by Gasteiger charge is 2.36. The topological polar surface area (TPSA) is 112 Å². The van der Waals surface area contributed by atoms with E-state index in [1.165, 1.54) is 4.31 Å². The molecule has 1 aliphatic rings. The minimum Gasteiger partial charge on any atom is -0.492 e. The highest BCUT2D eigenvalue weighted by molar-refractivity contribution is 7.92. The number of hydrogen-bond donors (Lipinski definition) is 0. The quantitative estimate of drug-likeness (QED) is 0.453. The molecule has 0 aliphatic carbocycles. The fourth-order valence-corrected chi connectivity index (χ4v) is 7.07. The van der Waals surface area contributed by atoms with Gasteiger partial charge in [-0.3, -0.25) is 0 Å². The Morgan fingerprint density at radius 1 is 1.12 bits per heavy atom. The lowest BCUT2D eigenvalue weighted by molar-refractivity contribution is -0.0249. The number of aromatic nitrogens is 1. The van der Waals surface area contributed by atoms with Gasteiger partial charge in [-0.25, -0.2) is 21.8 Å². The largest absolute Gasteiger partial charge is 0.492 e. The summed E-state index contributed by atoms with van der Waals surface area (Å²) in [6.07, 6.45) is 0.576. The van der Waals surface area contributed by atoms with Crippen molar-refractivity contribution in [3.63, 3.8) is 0 Å². The lowest BCUT2D eigenvalue weighted by Crippen LogP contribution is -2.47. The molecule has 12 heteroatoms.